The van der Waals surface area contributed by atoms with Crippen molar-refractivity contribution in [3.8, 4) is 0 Å². The van der Waals surface area contributed by atoms with E-state index in [1.165, 1.54) is 18.2 Å². The molecule has 12 heteroatoms. The molecule has 0 spiro atoms. The van der Waals surface area contributed by atoms with Gasteiger partial charge in [-0.2, -0.15) is 8.42 Å². The standard InChI is InChI=1S/C25H36N4O6S2/c1-24(2,3)12-13-25(4)15-29(17-8-6-7-9-17)23(31)20(21(25)30)22-26-18-11-10-16(27-36(5,32)33)14-19(18)37(34,35)28-22/h10-11,14,17,27,30H,6-9,12-13,15H2,1-5H3,(H,26,28)/t25-/m1/s1. The molecule has 1 fully saturated rings. The first-order valence-corrected chi connectivity index (χ1v) is 15.8. The number of fused-ring (bicyclic) bond motifs is 1. The number of amidine groups is 1. The Morgan fingerprint density at radius 1 is 1.24 bits per heavy atom. The van der Waals surface area contributed by atoms with Crippen molar-refractivity contribution >= 4 is 43.2 Å². The number of hydrogen-bond acceptors (Lipinski definition) is 7. The van der Waals surface area contributed by atoms with Crippen molar-refractivity contribution in [2.24, 2.45) is 15.2 Å². The van der Waals surface area contributed by atoms with Gasteiger partial charge in [0.15, 0.2) is 5.84 Å². The number of carbonyl (C=O) groups is 1. The monoisotopic (exact) mass is 552 g/mol. The summed E-state index contributed by atoms with van der Waals surface area (Å²) >= 11 is 0. The number of sulfonamides is 2. The molecule has 3 N–H and O–H groups in total. The molecule has 0 radical (unpaired) electrons. The minimum atomic E-state index is -4.30. The second kappa shape index (κ2) is 9.30. The molecule has 2 heterocycles. The zero-order valence-electron chi connectivity index (χ0n) is 22.0. The van der Waals surface area contributed by atoms with E-state index in [1.54, 1.807) is 4.90 Å². The number of hydrogen-bond donors (Lipinski definition) is 3. The summed E-state index contributed by atoms with van der Waals surface area (Å²) < 4.78 is 55.7. The Balaban J connectivity index is 1.78. The Labute approximate surface area is 219 Å². The lowest BCUT2D eigenvalue weighted by molar-refractivity contribution is -0.132. The molecule has 0 bridgehead atoms. The molecule has 3 aliphatic rings. The second-order valence-corrected chi connectivity index (χ2v) is 15.2. The molecule has 2 aliphatic heterocycles. The number of nitrogens with zero attached hydrogens (tertiary/aromatic N) is 2. The second-order valence-electron chi connectivity index (χ2n) is 11.8. The number of benzene rings is 1. The summed E-state index contributed by atoms with van der Waals surface area (Å²) in [6.45, 7) is 8.62. The molecular weight excluding hydrogens is 516 g/mol. The normalized spacial score (nSPS) is 24.5. The van der Waals surface area contributed by atoms with Crippen LogP contribution in [0.3, 0.4) is 0 Å². The maximum Gasteiger partial charge on any atom is 0.286 e. The Bertz CT molecular complexity index is 1390. The van der Waals surface area contributed by atoms with Crippen LogP contribution in [0, 0.1) is 10.8 Å². The fourth-order valence-electron chi connectivity index (χ4n) is 5.19. The minimum Gasteiger partial charge on any atom is -0.511 e. The maximum absolute atomic E-state index is 13.8. The van der Waals surface area contributed by atoms with Gasteiger partial charge in [0.25, 0.3) is 15.9 Å². The van der Waals surface area contributed by atoms with E-state index in [9.17, 15) is 26.7 Å². The molecule has 1 aromatic rings. The van der Waals surface area contributed by atoms with Crippen LogP contribution < -0.4 is 10.0 Å². The van der Waals surface area contributed by atoms with E-state index in [4.69, 9.17) is 0 Å². The van der Waals surface area contributed by atoms with Crippen LogP contribution in [0.5, 0.6) is 0 Å². The first-order chi connectivity index (χ1) is 17.0. The summed E-state index contributed by atoms with van der Waals surface area (Å²) in [7, 11) is -7.92. The lowest BCUT2D eigenvalue weighted by Gasteiger charge is -2.44. The van der Waals surface area contributed by atoms with Crippen LogP contribution in [0.25, 0.3) is 0 Å². The van der Waals surface area contributed by atoms with Crippen LogP contribution in [0.2, 0.25) is 0 Å². The smallest absolute Gasteiger partial charge is 0.286 e. The van der Waals surface area contributed by atoms with Gasteiger partial charge in [0, 0.05) is 23.7 Å². The molecule has 1 aromatic carbocycles. The minimum absolute atomic E-state index is 0.00367. The van der Waals surface area contributed by atoms with Crippen molar-refractivity contribution in [1.29, 1.82) is 0 Å². The zero-order chi connectivity index (χ0) is 27.4. The first kappa shape index (κ1) is 27.4. The van der Waals surface area contributed by atoms with Crippen molar-refractivity contribution in [1.82, 2.24) is 4.90 Å². The van der Waals surface area contributed by atoms with Crippen LogP contribution >= 0.6 is 0 Å². The number of anilines is 2. The third-order valence-corrected chi connectivity index (χ3v) is 9.18. The van der Waals surface area contributed by atoms with Gasteiger partial charge in [0.05, 0.1) is 11.9 Å². The number of aliphatic hydroxyl groups excluding tert-OH is 1. The highest BCUT2D eigenvalue weighted by Crippen LogP contribution is 2.44. The molecule has 1 atom stereocenters. The first-order valence-electron chi connectivity index (χ1n) is 12.5. The Hall–Kier alpha value is -2.60. The molecule has 0 aromatic heterocycles. The summed E-state index contributed by atoms with van der Waals surface area (Å²) in [6.07, 6.45) is 6.14. The summed E-state index contributed by atoms with van der Waals surface area (Å²) in [4.78, 5) is 15.3. The molecule has 37 heavy (non-hydrogen) atoms. The fourth-order valence-corrected chi connectivity index (χ4v) is 6.89. The van der Waals surface area contributed by atoms with Gasteiger partial charge in [-0.3, -0.25) is 9.52 Å². The van der Waals surface area contributed by atoms with E-state index in [2.05, 4.69) is 35.2 Å². The summed E-state index contributed by atoms with van der Waals surface area (Å²) in [5, 5.41) is 14.4. The Morgan fingerprint density at radius 3 is 2.49 bits per heavy atom. The Kier molecular flexibility index (Phi) is 6.90. The zero-order valence-corrected chi connectivity index (χ0v) is 23.6. The number of amides is 1. The lowest BCUT2D eigenvalue weighted by Crippen LogP contribution is -2.53. The van der Waals surface area contributed by atoms with E-state index in [-0.39, 0.29) is 44.9 Å². The van der Waals surface area contributed by atoms with Gasteiger partial charge in [-0.25, -0.2) is 8.42 Å². The average molecular weight is 553 g/mol. The average Bonchev–Trinajstić information content (AvgIpc) is 3.29. The van der Waals surface area contributed by atoms with Crippen molar-refractivity contribution in [3.05, 3.63) is 29.5 Å². The third kappa shape index (κ3) is 5.79. The van der Waals surface area contributed by atoms with Crippen LogP contribution in [-0.2, 0) is 24.8 Å². The predicted molar refractivity (Wildman–Crippen MR) is 144 cm³/mol. The van der Waals surface area contributed by atoms with E-state index in [1.807, 2.05) is 6.92 Å². The summed E-state index contributed by atoms with van der Waals surface area (Å²) in [5.74, 6) is -0.808. The van der Waals surface area contributed by atoms with E-state index < -0.39 is 31.4 Å². The fraction of sp³-hybridized carbons (Fsp3) is 0.600. The molecular formula is C25H36N4O6S2. The largest absolute Gasteiger partial charge is 0.511 e. The molecule has 1 amide bonds. The van der Waals surface area contributed by atoms with Crippen molar-refractivity contribution in [2.45, 2.75) is 77.2 Å². The van der Waals surface area contributed by atoms with Gasteiger partial charge < -0.3 is 15.3 Å². The van der Waals surface area contributed by atoms with Crippen molar-refractivity contribution in [2.75, 3.05) is 22.8 Å². The summed E-state index contributed by atoms with van der Waals surface area (Å²) in [6, 6.07) is 4.03. The van der Waals surface area contributed by atoms with E-state index in [0.29, 0.717) is 13.0 Å². The van der Waals surface area contributed by atoms with Gasteiger partial charge >= 0.3 is 0 Å². The van der Waals surface area contributed by atoms with Crippen LogP contribution in [0.1, 0.15) is 66.2 Å². The maximum atomic E-state index is 13.8. The van der Waals surface area contributed by atoms with Crippen LogP contribution in [0.4, 0.5) is 11.4 Å². The predicted octanol–water partition coefficient (Wildman–Crippen LogP) is 4.00. The molecule has 204 valence electrons. The van der Waals surface area contributed by atoms with E-state index >= 15 is 0 Å². The topological polar surface area (TPSA) is 145 Å². The molecule has 1 aliphatic carbocycles. The van der Waals surface area contributed by atoms with Crippen molar-refractivity contribution < 1.29 is 26.7 Å². The van der Waals surface area contributed by atoms with Crippen LogP contribution in [0.15, 0.2) is 38.8 Å². The number of rotatable bonds is 6. The van der Waals surface area contributed by atoms with E-state index in [0.717, 1.165) is 38.4 Å². The van der Waals surface area contributed by atoms with Gasteiger partial charge in [-0.15, -0.1) is 4.40 Å². The molecule has 10 nitrogen and oxygen atoms in total. The SMILES string of the molecule is CC(C)(C)CC[C@]1(C)CN(C2CCCC2)C(=O)C(C2=NS(=O)(=O)c3cc(NS(C)(=O)=O)ccc3N2)=C1O. The molecule has 4 rings (SSSR count). The molecule has 1 saturated carbocycles. The Morgan fingerprint density at radius 2 is 1.89 bits per heavy atom. The highest BCUT2D eigenvalue weighted by atomic mass is 32.2. The lowest BCUT2D eigenvalue weighted by atomic mass is 9.73. The van der Waals surface area contributed by atoms with Crippen LogP contribution in [-0.4, -0.2) is 57.4 Å². The van der Waals surface area contributed by atoms with Gasteiger partial charge in [0.1, 0.15) is 16.2 Å². The van der Waals surface area contributed by atoms with Gasteiger partial charge in [-0.1, -0.05) is 40.5 Å². The quantitative estimate of drug-likeness (QED) is 0.484. The number of aliphatic hydroxyl groups is 1. The van der Waals surface area contributed by atoms with Gasteiger partial charge in [0.2, 0.25) is 10.0 Å². The number of nitrogens with one attached hydrogen (secondary N) is 2. The highest BCUT2D eigenvalue weighted by Gasteiger charge is 2.47. The highest BCUT2D eigenvalue weighted by molar-refractivity contribution is 7.92. The molecule has 0 unspecified atom stereocenters. The van der Waals surface area contributed by atoms with Gasteiger partial charge in [-0.05, 0) is 49.3 Å². The summed E-state index contributed by atoms with van der Waals surface area (Å²) in [5.41, 5.74) is -0.669. The molecule has 0 saturated heterocycles. The third-order valence-electron chi connectivity index (χ3n) is 7.26. The van der Waals surface area contributed by atoms with Crippen molar-refractivity contribution in [3.63, 3.8) is 0 Å². The number of carbonyl (C=O) groups excluding carboxylic acids is 1.